The molecular weight excluding hydrogens is 256 g/mol. The molecule has 0 radical (unpaired) electrons. The van der Waals surface area contributed by atoms with Crippen LogP contribution in [0.3, 0.4) is 0 Å². The van der Waals surface area contributed by atoms with Crippen LogP contribution in [-0.4, -0.2) is 28.1 Å². The minimum Gasteiger partial charge on any atom is -0.481 e. The molecule has 0 aliphatic heterocycles. The maximum absolute atomic E-state index is 11.1. The van der Waals surface area contributed by atoms with Crippen LogP contribution >= 0.6 is 0 Å². The SMILES string of the molecule is CCCCC/C=C\C[C@@H](O)/C=C/CCC(=O)CC(=O)O. The summed E-state index contributed by atoms with van der Waals surface area (Å²) < 4.78 is 0. The fraction of sp³-hybridized carbons (Fsp3) is 0.625. The van der Waals surface area contributed by atoms with E-state index < -0.39 is 18.5 Å². The fourth-order valence-corrected chi connectivity index (χ4v) is 1.70. The van der Waals surface area contributed by atoms with Gasteiger partial charge >= 0.3 is 5.97 Å². The van der Waals surface area contributed by atoms with Crippen LogP contribution in [0.25, 0.3) is 0 Å². The molecule has 4 heteroatoms. The normalized spacial score (nSPS) is 13.1. The number of hydrogen-bond donors (Lipinski definition) is 2. The van der Waals surface area contributed by atoms with Crippen LogP contribution in [-0.2, 0) is 9.59 Å². The monoisotopic (exact) mass is 282 g/mol. The molecule has 2 N–H and O–H groups in total. The van der Waals surface area contributed by atoms with Crippen LogP contribution in [0.4, 0.5) is 0 Å². The van der Waals surface area contributed by atoms with Crippen molar-refractivity contribution in [3.8, 4) is 0 Å². The largest absolute Gasteiger partial charge is 0.481 e. The predicted molar refractivity (Wildman–Crippen MR) is 79.5 cm³/mol. The van der Waals surface area contributed by atoms with Crippen LogP contribution in [0.15, 0.2) is 24.3 Å². The summed E-state index contributed by atoms with van der Waals surface area (Å²) in [5.74, 6) is -1.38. The summed E-state index contributed by atoms with van der Waals surface area (Å²) in [4.78, 5) is 21.4. The summed E-state index contributed by atoms with van der Waals surface area (Å²) >= 11 is 0. The van der Waals surface area contributed by atoms with Crippen molar-refractivity contribution in [2.75, 3.05) is 0 Å². The highest BCUT2D eigenvalue weighted by Gasteiger charge is 2.05. The fourth-order valence-electron chi connectivity index (χ4n) is 1.70. The van der Waals surface area contributed by atoms with Crippen LogP contribution < -0.4 is 0 Å². The van der Waals surface area contributed by atoms with Crippen molar-refractivity contribution in [3.05, 3.63) is 24.3 Å². The average molecular weight is 282 g/mol. The van der Waals surface area contributed by atoms with Gasteiger partial charge in [-0.25, -0.2) is 0 Å². The average Bonchev–Trinajstić information content (AvgIpc) is 2.38. The molecule has 0 rings (SSSR count). The quantitative estimate of drug-likeness (QED) is 0.327. The maximum Gasteiger partial charge on any atom is 0.310 e. The number of aliphatic hydroxyl groups is 1. The van der Waals surface area contributed by atoms with Gasteiger partial charge in [0.1, 0.15) is 12.2 Å². The van der Waals surface area contributed by atoms with Crippen molar-refractivity contribution < 1.29 is 19.8 Å². The van der Waals surface area contributed by atoms with E-state index in [2.05, 4.69) is 13.0 Å². The molecule has 0 unspecified atom stereocenters. The molecule has 0 aliphatic carbocycles. The second-order valence-corrected chi connectivity index (χ2v) is 4.85. The molecule has 20 heavy (non-hydrogen) atoms. The number of aliphatic carboxylic acids is 1. The first kappa shape index (κ1) is 18.6. The summed E-state index contributed by atoms with van der Waals surface area (Å²) in [6, 6.07) is 0. The number of carbonyl (C=O) groups is 2. The van der Waals surface area contributed by atoms with Gasteiger partial charge < -0.3 is 10.2 Å². The van der Waals surface area contributed by atoms with Crippen molar-refractivity contribution in [2.45, 2.75) is 64.4 Å². The zero-order chi connectivity index (χ0) is 15.2. The first-order valence-electron chi connectivity index (χ1n) is 7.29. The second-order valence-electron chi connectivity index (χ2n) is 4.85. The zero-order valence-electron chi connectivity index (χ0n) is 12.3. The summed E-state index contributed by atoms with van der Waals surface area (Å²) in [6.07, 6.45) is 12.4. The standard InChI is InChI=1S/C16H26O4/c1-2-3-4-5-6-7-10-14(17)11-8-9-12-15(18)13-16(19)20/h6-8,11,14,17H,2-5,9-10,12-13H2,1H3,(H,19,20)/b7-6-,11-8+/t14-/m1/s1. The smallest absolute Gasteiger partial charge is 0.310 e. The Labute approximate surface area is 121 Å². The van der Waals surface area contributed by atoms with Crippen LogP contribution in [0.2, 0.25) is 0 Å². The van der Waals surface area contributed by atoms with E-state index in [-0.39, 0.29) is 12.2 Å². The number of unbranched alkanes of at least 4 members (excludes halogenated alkanes) is 3. The molecule has 0 saturated heterocycles. The van der Waals surface area contributed by atoms with Gasteiger partial charge in [0.15, 0.2) is 0 Å². The topological polar surface area (TPSA) is 74.6 Å². The number of carbonyl (C=O) groups excluding carboxylic acids is 1. The van der Waals surface area contributed by atoms with Gasteiger partial charge in [0.05, 0.1) is 6.10 Å². The highest BCUT2D eigenvalue weighted by Crippen LogP contribution is 2.03. The van der Waals surface area contributed by atoms with E-state index in [1.165, 1.54) is 19.3 Å². The lowest BCUT2D eigenvalue weighted by Gasteiger charge is -2.00. The highest BCUT2D eigenvalue weighted by atomic mass is 16.4. The van der Waals surface area contributed by atoms with Crippen molar-refractivity contribution in [1.82, 2.24) is 0 Å². The lowest BCUT2D eigenvalue weighted by molar-refractivity contribution is -0.140. The molecule has 0 spiro atoms. The number of rotatable bonds is 12. The van der Waals surface area contributed by atoms with Gasteiger partial charge in [-0.2, -0.15) is 0 Å². The minimum absolute atomic E-state index is 0.211. The van der Waals surface area contributed by atoms with E-state index in [4.69, 9.17) is 5.11 Å². The number of carboxylic acids is 1. The maximum atomic E-state index is 11.1. The molecule has 0 fully saturated rings. The molecule has 0 aliphatic rings. The molecular formula is C16H26O4. The van der Waals surface area contributed by atoms with E-state index in [1.807, 2.05) is 6.08 Å². The third-order valence-corrected chi connectivity index (χ3v) is 2.82. The van der Waals surface area contributed by atoms with Gasteiger partial charge in [-0.15, -0.1) is 0 Å². The van der Waals surface area contributed by atoms with Gasteiger partial charge in [0.25, 0.3) is 0 Å². The Balaban J connectivity index is 3.64. The van der Waals surface area contributed by atoms with Crippen LogP contribution in [0, 0.1) is 0 Å². The number of aliphatic hydroxyl groups excluding tert-OH is 1. The summed E-state index contributed by atoms with van der Waals surface area (Å²) in [7, 11) is 0. The molecule has 0 aromatic rings. The number of carboxylic acid groups (broad SMARTS) is 1. The lowest BCUT2D eigenvalue weighted by atomic mass is 10.1. The molecule has 0 saturated carbocycles. The first-order valence-corrected chi connectivity index (χ1v) is 7.29. The Bertz CT molecular complexity index is 331. The second kappa shape index (κ2) is 12.6. The van der Waals surface area contributed by atoms with E-state index >= 15 is 0 Å². The van der Waals surface area contributed by atoms with Gasteiger partial charge in [-0.05, 0) is 25.7 Å². The van der Waals surface area contributed by atoms with Crippen molar-refractivity contribution in [3.63, 3.8) is 0 Å². The Morgan fingerprint density at radius 2 is 1.85 bits per heavy atom. The third-order valence-electron chi connectivity index (χ3n) is 2.82. The lowest BCUT2D eigenvalue weighted by Crippen LogP contribution is -2.05. The van der Waals surface area contributed by atoms with E-state index in [1.54, 1.807) is 12.2 Å². The predicted octanol–water partition coefficient (Wildman–Crippen LogP) is 3.25. The number of ketones is 1. The van der Waals surface area contributed by atoms with Gasteiger partial charge in [0.2, 0.25) is 0 Å². The van der Waals surface area contributed by atoms with Gasteiger partial charge in [-0.1, -0.05) is 44.1 Å². The third kappa shape index (κ3) is 13.0. The summed E-state index contributed by atoms with van der Waals surface area (Å²) in [5, 5.41) is 18.1. The highest BCUT2D eigenvalue weighted by molar-refractivity contribution is 5.94. The first-order chi connectivity index (χ1) is 9.56. The van der Waals surface area contributed by atoms with E-state index in [0.29, 0.717) is 12.8 Å². The van der Waals surface area contributed by atoms with E-state index in [0.717, 1.165) is 6.42 Å². The summed E-state index contributed by atoms with van der Waals surface area (Å²) in [6.45, 7) is 2.17. The summed E-state index contributed by atoms with van der Waals surface area (Å²) in [5.41, 5.74) is 0. The molecule has 0 bridgehead atoms. The molecule has 114 valence electrons. The molecule has 0 aromatic carbocycles. The number of Topliss-reactive ketones (excluding diaryl/α,β-unsaturated/α-hetero) is 1. The zero-order valence-corrected chi connectivity index (χ0v) is 12.3. The number of allylic oxidation sites excluding steroid dienone is 2. The molecule has 0 amide bonds. The van der Waals surface area contributed by atoms with Crippen LogP contribution in [0.1, 0.15) is 58.3 Å². The molecule has 1 atom stereocenters. The Kier molecular flexibility index (Phi) is 11.7. The molecule has 4 nitrogen and oxygen atoms in total. The van der Waals surface area contributed by atoms with Crippen molar-refractivity contribution in [1.29, 1.82) is 0 Å². The Hall–Kier alpha value is -1.42. The Morgan fingerprint density at radius 3 is 2.50 bits per heavy atom. The van der Waals surface area contributed by atoms with Gasteiger partial charge in [0, 0.05) is 6.42 Å². The molecule has 0 heterocycles. The van der Waals surface area contributed by atoms with Gasteiger partial charge in [-0.3, -0.25) is 9.59 Å². The molecule has 0 aromatic heterocycles. The van der Waals surface area contributed by atoms with E-state index in [9.17, 15) is 14.7 Å². The number of hydrogen-bond acceptors (Lipinski definition) is 3. The van der Waals surface area contributed by atoms with Crippen molar-refractivity contribution in [2.24, 2.45) is 0 Å². The Morgan fingerprint density at radius 1 is 1.10 bits per heavy atom. The van der Waals surface area contributed by atoms with Crippen LogP contribution in [0.5, 0.6) is 0 Å². The van der Waals surface area contributed by atoms with Crippen molar-refractivity contribution >= 4 is 11.8 Å². The minimum atomic E-state index is -1.09.